The Hall–Kier alpha value is -4.54. The second-order valence-electron chi connectivity index (χ2n) is 9.54. The van der Waals surface area contributed by atoms with Crippen LogP contribution in [0.1, 0.15) is 26.7 Å². The summed E-state index contributed by atoms with van der Waals surface area (Å²) < 4.78 is 19.1. The van der Waals surface area contributed by atoms with E-state index >= 15 is 0 Å². The van der Waals surface area contributed by atoms with Gasteiger partial charge < -0.3 is 23.7 Å². The lowest BCUT2D eigenvalue weighted by Crippen LogP contribution is -1.94. The highest BCUT2D eigenvalue weighted by Gasteiger charge is 2.25. The molecule has 0 fully saturated rings. The minimum atomic E-state index is -0.202. The third-order valence-corrected chi connectivity index (χ3v) is 12.6. The van der Waals surface area contributed by atoms with Crippen molar-refractivity contribution in [1.29, 1.82) is 10.5 Å². The third kappa shape index (κ3) is 5.60. The Morgan fingerprint density at radius 2 is 1.31 bits per heavy atom. The lowest BCUT2D eigenvalue weighted by molar-refractivity contribution is 0.320. The maximum absolute atomic E-state index is 9.19. The molecule has 222 valence electrons. The SMILES string of the molecule is [C-]#[N+]C(C#N)=Nc1cc(OCCC)c(-c2cc3c(s2)c2sc4cc(-c5sc(N=C(C#N)[N+]#[C-])cc5OCCC)sc4c2n3C)s1. The Morgan fingerprint density at radius 1 is 0.778 bits per heavy atom. The van der Waals surface area contributed by atoms with Gasteiger partial charge in [-0.3, -0.25) is 0 Å². The number of ether oxygens (including phenoxy) is 2. The fourth-order valence-electron chi connectivity index (χ4n) is 4.65. The van der Waals surface area contributed by atoms with Crippen LogP contribution in [0.2, 0.25) is 0 Å². The van der Waals surface area contributed by atoms with Gasteiger partial charge in [0.1, 0.15) is 23.6 Å². The average molecular weight is 684 g/mol. The maximum atomic E-state index is 9.19. The van der Waals surface area contributed by atoms with Gasteiger partial charge in [-0.25, -0.2) is 10.5 Å². The Labute approximate surface area is 278 Å². The molecule has 0 aliphatic rings. The van der Waals surface area contributed by atoms with Crippen molar-refractivity contribution in [2.24, 2.45) is 17.0 Å². The monoisotopic (exact) mass is 683 g/mol. The number of amidine groups is 2. The lowest BCUT2D eigenvalue weighted by atomic mass is 10.3. The molecular weight excluding hydrogens is 663 g/mol. The number of thiophene rings is 5. The van der Waals surface area contributed by atoms with E-state index in [0.29, 0.717) is 34.7 Å². The van der Waals surface area contributed by atoms with Crippen molar-refractivity contribution in [2.45, 2.75) is 26.7 Å². The van der Waals surface area contributed by atoms with Crippen molar-refractivity contribution >= 4 is 108 Å². The highest BCUT2D eigenvalue weighted by molar-refractivity contribution is 7.38. The number of aliphatic imine (C=N–C) groups is 2. The molecule has 0 atom stereocenters. The first-order valence-electron chi connectivity index (χ1n) is 13.6. The summed E-state index contributed by atoms with van der Waals surface area (Å²) in [5.74, 6) is 1.02. The average Bonchev–Trinajstić information content (AvgIpc) is 3.88. The van der Waals surface area contributed by atoms with E-state index in [4.69, 9.17) is 22.6 Å². The van der Waals surface area contributed by atoms with Crippen LogP contribution in [0, 0.1) is 35.8 Å². The number of hydrogen-bond donors (Lipinski definition) is 0. The van der Waals surface area contributed by atoms with Crippen molar-refractivity contribution in [2.75, 3.05) is 13.2 Å². The van der Waals surface area contributed by atoms with E-state index in [1.54, 1.807) is 34.0 Å². The summed E-state index contributed by atoms with van der Waals surface area (Å²) in [7, 11) is 2.09. The Bertz CT molecular complexity index is 2300. The van der Waals surface area contributed by atoms with E-state index in [-0.39, 0.29) is 11.7 Å². The van der Waals surface area contributed by atoms with Crippen LogP contribution in [0.25, 0.3) is 59.0 Å². The Balaban J connectivity index is 1.43. The van der Waals surface area contributed by atoms with E-state index in [9.17, 15) is 10.5 Å². The molecule has 0 bridgehead atoms. The van der Waals surface area contributed by atoms with Crippen LogP contribution >= 0.6 is 56.7 Å². The molecule has 45 heavy (non-hydrogen) atoms. The molecule has 6 heterocycles. The summed E-state index contributed by atoms with van der Waals surface area (Å²) >= 11 is 8.00. The summed E-state index contributed by atoms with van der Waals surface area (Å²) in [6, 6.07) is 11.7. The largest absolute Gasteiger partial charge is 0.492 e. The first kappa shape index (κ1) is 30.5. The van der Waals surface area contributed by atoms with Crippen LogP contribution in [0.5, 0.6) is 11.5 Å². The van der Waals surface area contributed by atoms with Crippen molar-refractivity contribution < 1.29 is 9.47 Å². The molecule has 0 aromatic carbocycles. The second kappa shape index (κ2) is 12.8. The van der Waals surface area contributed by atoms with Gasteiger partial charge in [0.05, 0.1) is 57.9 Å². The van der Waals surface area contributed by atoms with E-state index in [1.165, 1.54) is 47.0 Å². The minimum absolute atomic E-state index is 0.201. The quantitative estimate of drug-likeness (QED) is 0.0814. The molecule has 6 rings (SSSR count). The van der Waals surface area contributed by atoms with Crippen LogP contribution in [-0.2, 0) is 7.05 Å². The van der Waals surface area contributed by atoms with Gasteiger partial charge >= 0.3 is 11.7 Å². The minimum Gasteiger partial charge on any atom is -0.492 e. The first-order valence-corrected chi connectivity index (χ1v) is 17.7. The van der Waals surface area contributed by atoms with Gasteiger partial charge in [0.25, 0.3) is 0 Å². The molecule has 0 saturated carbocycles. The zero-order valence-corrected chi connectivity index (χ0v) is 28.2. The van der Waals surface area contributed by atoms with Crippen LogP contribution in [0.4, 0.5) is 10.0 Å². The van der Waals surface area contributed by atoms with Gasteiger partial charge in [-0.2, -0.15) is 0 Å². The molecule has 0 aliphatic carbocycles. The highest BCUT2D eigenvalue weighted by Crippen LogP contribution is 2.53. The van der Waals surface area contributed by atoms with E-state index in [2.05, 4.69) is 43.4 Å². The topological polar surface area (TPSA) is 104 Å². The second-order valence-corrected chi connectivity index (χ2v) is 14.8. The van der Waals surface area contributed by atoms with Gasteiger partial charge in [-0.1, -0.05) is 59.7 Å². The van der Waals surface area contributed by atoms with Crippen LogP contribution < -0.4 is 9.47 Å². The lowest BCUT2D eigenvalue weighted by Gasteiger charge is -2.03. The van der Waals surface area contributed by atoms with Gasteiger partial charge in [-0.05, 0) is 25.0 Å². The number of hydrogen-bond acceptors (Lipinski definition) is 11. The van der Waals surface area contributed by atoms with Gasteiger partial charge in [-0.15, -0.1) is 34.0 Å². The van der Waals surface area contributed by atoms with Gasteiger partial charge in [0.2, 0.25) is 10.0 Å². The molecule has 0 unspecified atom stereocenters. The molecule has 6 aromatic heterocycles. The number of aryl methyl sites for hydroxylation is 1. The zero-order chi connectivity index (χ0) is 31.7. The van der Waals surface area contributed by atoms with Crippen molar-refractivity contribution in [3.05, 3.63) is 47.1 Å². The standard InChI is InChI=1S/C31H21N7O2S5/c1-6-8-39-17-11-24(36-22(14-32)34-3)44-28(17)19-10-16-27(41-19)31-26(38(16)5)30-21(43-31)13-20(42-30)29-18(40-9-7-2)12-25(45-29)37-23(15-33)35-4/h10-13H,6-9H2,1-2,5H3. The van der Waals surface area contributed by atoms with Gasteiger partial charge in [0.15, 0.2) is 0 Å². The highest BCUT2D eigenvalue weighted by atomic mass is 32.1. The number of aromatic nitrogens is 1. The first-order chi connectivity index (χ1) is 21.9. The molecule has 6 aromatic rings. The van der Waals surface area contributed by atoms with Crippen LogP contribution in [-0.4, -0.2) is 29.5 Å². The summed E-state index contributed by atoms with van der Waals surface area (Å²) in [5.41, 5.74) is 2.30. The van der Waals surface area contributed by atoms with Crippen molar-refractivity contribution in [3.8, 4) is 43.1 Å². The van der Waals surface area contributed by atoms with E-state index in [0.717, 1.165) is 37.9 Å². The zero-order valence-electron chi connectivity index (χ0n) is 24.1. The van der Waals surface area contributed by atoms with Crippen LogP contribution in [0.15, 0.2) is 34.3 Å². The number of nitrogens with zero attached hydrogens (tertiary/aromatic N) is 7. The molecule has 0 saturated heterocycles. The molecule has 0 amide bonds. The normalized spacial score (nSPS) is 12.0. The number of fused-ring (bicyclic) bond motifs is 5. The fraction of sp³-hybridized carbons (Fsp3) is 0.226. The number of nitriles is 2. The molecule has 9 nitrogen and oxygen atoms in total. The summed E-state index contributed by atoms with van der Waals surface area (Å²) in [6.07, 6.45) is 1.71. The van der Waals surface area contributed by atoms with Gasteiger partial charge in [0, 0.05) is 23.9 Å². The Morgan fingerprint density at radius 3 is 1.82 bits per heavy atom. The van der Waals surface area contributed by atoms with E-state index < -0.39 is 0 Å². The molecule has 0 spiro atoms. The van der Waals surface area contributed by atoms with Crippen molar-refractivity contribution in [3.63, 3.8) is 0 Å². The van der Waals surface area contributed by atoms with Crippen molar-refractivity contribution in [1.82, 2.24) is 4.57 Å². The summed E-state index contributed by atoms with van der Waals surface area (Å²) in [4.78, 5) is 18.8. The maximum Gasteiger partial charge on any atom is 0.350 e. The number of rotatable bonds is 10. The Kier molecular flexibility index (Phi) is 8.69. The predicted octanol–water partition coefficient (Wildman–Crippen LogP) is 10.6. The molecular formula is C31H21N7O2S5. The fourth-order valence-corrected chi connectivity index (χ4v) is 10.8. The predicted molar refractivity (Wildman–Crippen MR) is 188 cm³/mol. The molecule has 14 heteroatoms. The summed E-state index contributed by atoms with van der Waals surface area (Å²) in [5, 5.41) is 19.5. The van der Waals surface area contributed by atoms with Crippen LogP contribution in [0.3, 0.4) is 0 Å². The third-order valence-electron chi connectivity index (χ3n) is 6.54. The smallest absolute Gasteiger partial charge is 0.350 e. The molecule has 0 radical (unpaired) electrons. The summed E-state index contributed by atoms with van der Waals surface area (Å²) in [6.45, 7) is 19.6. The molecule has 0 aliphatic heterocycles. The van der Waals surface area contributed by atoms with E-state index in [1.807, 2.05) is 38.1 Å². The molecule has 0 N–H and O–H groups in total.